The largest absolute Gasteiger partial charge is 0.509 e. The molecule has 346 valence electrons. The molecule has 0 radical (unpaired) electrons. The van der Waals surface area contributed by atoms with E-state index in [1.165, 1.54) is 6.92 Å². The Morgan fingerprint density at radius 1 is 0.844 bits per heavy atom. The second kappa shape index (κ2) is 20.1. The lowest BCUT2D eigenvalue weighted by atomic mass is 10.1. The molecule has 3 aromatic carbocycles. The van der Waals surface area contributed by atoms with Gasteiger partial charge in [-0.2, -0.15) is 15.0 Å². The van der Waals surface area contributed by atoms with Crippen molar-refractivity contribution in [3.05, 3.63) is 101 Å². The number of aromatic nitrogens is 2. The summed E-state index contributed by atoms with van der Waals surface area (Å²) in [5, 5.41) is 1.27. The Morgan fingerprint density at radius 2 is 1.44 bits per heavy atom. The monoisotopic (exact) mass is 928 g/mol. The van der Waals surface area contributed by atoms with E-state index in [1.807, 2.05) is 24.3 Å². The van der Waals surface area contributed by atoms with Gasteiger partial charge in [0.05, 0.1) is 11.9 Å². The van der Waals surface area contributed by atoms with Crippen LogP contribution in [0.3, 0.4) is 0 Å². The number of carbonyl (C=O) groups is 4. The van der Waals surface area contributed by atoms with Gasteiger partial charge in [0, 0.05) is 11.6 Å². The molecule has 1 saturated heterocycles. The minimum absolute atomic E-state index is 0.0715. The number of nitrogens with one attached hydrogen (secondary N) is 1. The quantitative estimate of drug-likeness (QED) is 0.0755. The predicted octanol–water partition coefficient (Wildman–Crippen LogP) is 9.27. The Bertz CT molecular complexity index is 2390. The van der Waals surface area contributed by atoms with Crippen LogP contribution in [0.25, 0.3) is 10.8 Å². The molecule has 0 saturated carbocycles. The van der Waals surface area contributed by atoms with Crippen molar-refractivity contribution in [3.8, 4) is 5.75 Å². The van der Waals surface area contributed by atoms with Gasteiger partial charge in [-0.25, -0.2) is 28.1 Å². The van der Waals surface area contributed by atoms with E-state index in [2.05, 4.69) is 10.1 Å². The van der Waals surface area contributed by atoms with E-state index in [9.17, 15) is 28.5 Å². The minimum atomic E-state index is -4.62. The number of imide groups is 1. The predicted molar refractivity (Wildman–Crippen MR) is 237 cm³/mol. The number of anilines is 1. The molecule has 5 rings (SSSR count). The fourth-order valence-corrected chi connectivity index (χ4v) is 9.08. The maximum absolute atomic E-state index is 16.8. The van der Waals surface area contributed by atoms with E-state index in [1.54, 1.807) is 111 Å². The standard InChI is InChI=1S/C44H54FN4O13PS/c1-27(37(50)56-25-28-17-12-11-13-18-28)47-63(55,62-31-22-16-20-29-19-14-15-21-30(29)31)57-26-32-35(58-41(54)61-44(8,9)10)34(45)36(64-32)48-24-23-33(46-38(48)51)49(39(52)59-42(2,3)4)40(53)60-43(5,6)7/h11-24,27,32,34-36H,25-26H2,1-10H3,(H,47,55)/t27-,32+,34-,35+,36+,63?/m0/s1. The first-order chi connectivity index (χ1) is 29.8. The fourth-order valence-electron chi connectivity index (χ4n) is 5.99. The highest BCUT2D eigenvalue weighted by Crippen LogP contribution is 2.50. The van der Waals surface area contributed by atoms with Crippen LogP contribution in [0.1, 0.15) is 80.2 Å². The van der Waals surface area contributed by atoms with Crippen LogP contribution in [0.15, 0.2) is 89.9 Å². The Morgan fingerprint density at radius 3 is 2.05 bits per heavy atom. The lowest BCUT2D eigenvalue weighted by Crippen LogP contribution is -2.45. The molecule has 2 amide bonds. The van der Waals surface area contributed by atoms with Crippen LogP contribution in [0, 0.1) is 0 Å². The Balaban J connectivity index is 1.46. The van der Waals surface area contributed by atoms with Crippen molar-refractivity contribution < 1.29 is 60.9 Å². The zero-order valence-electron chi connectivity index (χ0n) is 37.3. The molecule has 1 unspecified atom stereocenters. The summed E-state index contributed by atoms with van der Waals surface area (Å²) < 4.78 is 71.6. The normalized spacial score (nSPS) is 19.2. The van der Waals surface area contributed by atoms with Crippen LogP contribution in [0.4, 0.5) is 24.6 Å². The SMILES string of the molecule is C[C@H](NP(=O)(OC[C@H]1S[C@@H](n2ccc(N(C(=O)OC(C)(C)C)C(=O)OC(C)(C)C)nc2=O)[C@@H](F)[C@@H]1OC(=O)OC(C)(C)C)Oc1cccc2ccccc12)C(=O)OCc1ccccc1. The second-order valence-corrected chi connectivity index (χ2v) is 20.7. The number of ether oxygens (including phenoxy) is 5. The molecule has 0 bridgehead atoms. The topological polar surface area (TPSA) is 200 Å². The number of rotatable bonds is 13. The molecule has 1 aromatic heterocycles. The number of nitrogens with zero attached hydrogens (tertiary/aromatic N) is 3. The summed E-state index contributed by atoms with van der Waals surface area (Å²) in [6, 6.07) is 20.9. The number of esters is 1. The number of carbonyl (C=O) groups excluding carboxylic acids is 4. The summed E-state index contributed by atoms with van der Waals surface area (Å²) in [6.07, 6.45) is -6.34. The summed E-state index contributed by atoms with van der Waals surface area (Å²) in [5.41, 5.74) is -3.55. The lowest BCUT2D eigenvalue weighted by molar-refractivity contribution is -0.146. The molecule has 2 heterocycles. The lowest BCUT2D eigenvalue weighted by Gasteiger charge is -2.28. The first-order valence-electron chi connectivity index (χ1n) is 20.3. The van der Waals surface area contributed by atoms with E-state index in [-0.39, 0.29) is 12.4 Å². The maximum atomic E-state index is 16.8. The van der Waals surface area contributed by atoms with Gasteiger partial charge in [0.1, 0.15) is 40.6 Å². The number of fused-ring (bicyclic) bond motifs is 1. The van der Waals surface area contributed by atoms with Gasteiger partial charge in [-0.05, 0) is 92.3 Å². The van der Waals surface area contributed by atoms with Gasteiger partial charge in [0.2, 0.25) is 0 Å². The smallest absolute Gasteiger partial charge is 0.460 e. The van der Waals surface area contributed by atoms with Crippen molar-refractivity contribution in [1.82, 2.24) is 14.6 Å². The number of thioether (sulfide) groups is 1. The molecule has 6 atom stereocenters. The van der Waals surface area contributed by atoms with E-state index in [0.717, 1.165) is 34.0 Å². The van der Waals surface area contributed by atoms with Crippen molar-refractivity contribution in [3.63, 3.8) is 0 Å². The first kappa shape index (κ1) is 49.5. The molecule has 64 heavy (non-hydrogen) atoms. The van der Waals surface area contributed by atoms with Gasteiger partial charge in [-0.3, -0.25) is 13.9 Å². The highest BCUT2D eigenvalue weighted by molar-refractivity contribution is 8.00. The Labute approximate surface area is 374 Å². The number of amides is 2. The van der Waals surface area contributed by atoms with Crippen LogP contribution in [-0.4, -0.2) is 80.8 Å². The molecule has 1 aliphatic heterocycles. The molecule has 20 heteroatoms. The van der Waals surface area contributed by atoms with Gasteiger partial charge in [-0.1, -0.05) is 66.7 Å². The molecular weight excluding hydrogens is 875 g/mol. The average Bonchev–Trinajstić information content (AvgIpc) is 3.48. The van der Waals surface area contributed by atoms with E-state index in [0.29, 0.717) is 15.8 Å². The zero-order valence-corrected chi connectivity index (χ0v) is 39.0. The Kier molecular flexibility index (Phi) is 15.6. The van der Waals surface area contributed by atoms with Gasteiger partial charge >= 0.3 is 37.7 Å². The van der Waals surface area contributed by atoms with Crippen LogP contribution in [-0.2, 0) is 44.2 Å². The molecule has 1 fully saturated rings. The van der Waals surface area contributed by atoms with E-state index >= 15 is 4.39 Å². The fraction of sp³-hybridized carbons (Fsp3) is 0.455. The van der Waals surface area contributed by atoms with Crippen LogP contribution >= 0.6 is 19.5 Å². The minimum Gasteiger partial charge on any atom is -0.460 e. The highest BCUT2D eigenvalue weighted by Gasteiger charge is 2.50. The van der Waals surface area contributed by atoms with Crippen LogP contribution < -0.4 is 20.2 Å². The third-order valence-electron chi connectivity index (χ3n) is 8.67. The molecule has 4 aromatic rings. The summed E-state index contributed by atoms with van der Waals surface area (Å²) in [7, 11) is -4.62. The second-order valence-electron chi connectivity index (χ2n) is 17.6. The molecule has 0 spiro atoms. The summed E-state index contributed by atoms with van der Waals surface area (Å²) >= 11 is 0.774. The van der Waals surface area contributed by atoms with Crippen molar-refractivity contribution >= 4 is 60.4 Å². The highest BCUT2D eigenvalue weighted by atomic mass is 32.2. The molecule has 17 nitrogen and oxygen atoms in total. The summed E-state index contributed by atoms with van der Waals surface area (Å²) in [6.45, 7) is 14.9. The van der Waals surface area contributed by atoms with Crippen molar-refractivity contribution in [2.24, 2.45) is 0 Å². The van der Waals surface area contributed by atoms with Gasteiger partial charge in [0.15, 0.2) is 18.1 Å². The van der Waals surface area contributed by atoms with Crippen LogP contribution in [0.5, 0.6) is 5.75 Å². The summed E-state index contributed by atoms with van der Waals surface area (Å²) in [5.74, 6) is -1.13. The third-order valence-corrected chi connectivity index (χ3v) is 11.8. The molecule has 1 N–H and O–H groups in total. The number of benzene rings is 3. The van der Waals surface area contributed by atoms with Gasteiger partial charge < -0.3 is 28.2 Å². The number of halogens is 1. The molecular formula is C44H54FN4O13PS. The van der Waals surface area contributed by atoms with Gasteiger partial charge in [0.25, 0.3) is 0 Å². The van der Waals surface area contributed by atoms with Crippen LogP contribution in [0.2, 0.25) is 0 Å². The number of alkyl halides is 1. The number of hydrogen-bond donors (Lipinski definition) is 1. The third kappa shape index (κ3) is 13.8. The van der Waals surface area contributed by atoms with Crippen molar-refractivity contribution in [2.45, 2.75) is 122 Å². The zero-order chi connectivity index (χ0) is 47.2. The summed E-state index contributed by atoms with van der Waals surface area (Å²) in [4.78, 5) is 70.9. The Hall–Kier alpha value is -5.49. The van der Waals surface area contributed by atoms with E-state index in [4.69, 9.17) is 32.7 Å². The molecule has 1 aliphatic rings. The maximum Gasteiger partial charge on any atom is 0.509 e. The van der Waals surface area contributed by atoms with Crippen molar-refractivity contribution in [1.29, 1.82) is 0 Å². The van der Waals surface area contributed by atoms with Gasteiger partial charge in [-0.15, -0.1) is 11.8 Å². The van der Waals surface area contributed by atoms with E-state index < -0.39 is 95.9 Å². The van der Waals surface area contributed by atoms with Crippen molar-refractivity contribution in [2.75, 3.05) is 11.5 Å². The molecule has 0 aliphatic carbocycles. The first-order valence-corrected chi connectivity index (χ1v) is 22.7. The average molecular weight is 929 g/mol. The number of hydrogen-bond acceptors (Lipinski definition) is 15.